The van der Waals surface area contributed by atoms with Crippen LogP contribution >= 0.6 is 0 Å². The summed E-state index contributed by atoms with van der Waals surface area (Å²) in [6.45, 7) is 6.08. The molecule has 0 aliphatic carbocycles. The van der Waals surface area contributed by atoms with Crippen molar-refractivity contribution in [3.8, 4) is 0 Å². The van der Waals surface area contributed by atoms with Gasteiger partial charge in [-0.1, -0.05) is 31.2 Å². The van der Waals surface area contributed by atoms with E-state index < -0.39 is 25.3 Å². The normalized spacial score (nSPS) is 14.0. The molecule has 138 valence electrons. The predicted octanol–water partition coefficient (Wildman–Crippen LogP) is 1.60. The lowest BCUT2D eigenvalue weighted by molar-refractivity contribution is 0.566. The van der Waals surface area contributed by atoms with E-state index in [-0.39, 0.29) is 5.92 Å². The van der Waals surface area contributed by atoms with Gasteiger partial charge < -0.3 is 0 Å². The molecule has 0 saturated carbocycles. The Labute approximate surface area is 146 Å². The van der Waals surface area contributed by atoms with Gasteiger partial charge in [0.25, 0.3) is 0 Å². The van der Waals surface area contributed by atoms with Gasteiger partial charge in [-0.2, -0.15) is 0 Å². The van der Waals surface area contributed by atoms with E-state index in [1.54, 1.807) is 13.8 Å². The van der Waals surface area contributed by atoms with Crippen molar-refractivity contribution >= 4 is 20.0 Å². The highest BCUT2D eigenvalue weighted by atomic mass is 32.2. The quantitative estimate of drug-likeness (QED) is 0.607. The van der Waals surface area contributed by atoms with Gasteiger partial charge in [0.2, 0.25) is 20.0 Å². The highest BCUT2D eigenvalue weighted by Gasteiger charge is 2.16. The Morgan fingerprint density at radius 3 is 2.04 bits per heavy atom. The molecule has 0 radical (unpaired) electrons. The molecule has 1 atom stereocenters. The van der Waals surface area contributed by atoms with Crippen LogP contribution in [0.15, 0.2) is 24.3 Å². The topological polar surface area (TPSA) is 92.3 Å². The van der Waals surface area contributed by atoms with Crippen LogP contribution in [0, 0.1) is 0 Å². The summed E-state index contributed by atoms with van der Waals surface area (Å²) >= 11 is 0. The van der Waals surface area contributed by atoms with Gasteiger partial charge in [-0.05, 0) is 43.7 Å². The molecule has 24 heavy (non-hydrogen) atoms. The van der Waals surface area contributed by atoms with Crippen LogP contribution in [0.5, 0.6) is 0 Å². The second-order valence-corrected chi connectivity index (χ2v) is 10.5. The molecule has 0 aromatic heterocycles. The molecule has 6 nitrogen and oxygen atoms in total. The molecular formula is C16H28N2O4S2. The lowest BCUT2D eigenvalue weighted by Crippen LogP contribution is -2.33. The van der Waals surface area contributed by atoms with E-state index >= 15 is 0 Å². The smallest absolute Gasteiger partial charge is 0.213 e. The predicted molar refractivity (Wildman–Crippen MR) is 98.1 cm³/mol. The number of sulfonamides is 2. The molecule has 2 N–H and O–H groups in total. The zero-order valence-corrected chi connectivity index (χ0v) is 16.4. The number of hydrogen-bond acceptors (Lipinski definition) is 4. The molecule has 1 aromatic carbocycles. The van der Waals surface area contributed by atoms with E-state index in [2.05, 4.69) is 9.44 Å². The van der Waals surface area contributed by atoms with Crippen molar-refractivity contribution in [3.05, 3.63) is 35.4 Å². The van der Waals surface area contributed by atoms with Gasteiger partial charge in [0.1, 0.15) is 0 Å². The van der Waals surface area contributed by atoms with Crippen molar-refractivity contribution in [3.63, 3.8) is 0 Å². The zero-order chi connectivity index (χ0) is 18.4. The minimum absolute atomic E-state index is 0.0828. The van der Waals surface area contributed by atoms with Gasteiger partial charge in [-0.15, -0.1) is 0 Å². The number of hydrogen-bond donors (Lipinski definition) is 2. The van der Waals surface area contributed by atoms with E-state index in [0.717, 1.165) is 30.2 Å². The first-order chi connectivity index (χ1) is 11.0. The standard InChI is InChI=1S/C16H28N2O4S2/c1-13(2)24(21,22)18-12-14(3)16-9-7-15(8-10-16)6-5-11-17-23(4,19)20/h7-10,13-14,17-18H,5-6,11-12H2,1-4H3. The van der Waals surface area contributed by atoms with Crippen molar-refractivity contribution in [1.82, 2.24) is 9.44 Å². The van der Waals surface area contributed by atoms with Crippen LogP contribution in [0.2, 0.25) is 0 Å². The van der Waals surface area contributed by atoms with Crippen LogP contribution in [-0.2, 0) is 26.5 Å². The fourth-order valence-electron chi connectivity index (χ4n) is 2.09. The Balaban J connectivity index is 2.49. The summed E-state index contributed by atoms with van der Waals surface area (Å²) < 4.78 is 50.6. The van der Waals surface area contributed by atoms with E-state index in [1.165, 1.54) is 0 Å². The third-order valence-corrected chi connectivity index (χ3v) is 6.31. The monoisotopic (exact) mass is 376 g/mol. The van der Waals surface area contributed by atoms with Gasteiger partial charge in [-0.3, -0.25) is 0 Å². The first kappa shape index (κ1) is 21.1. The van der Waals surface area contributed by atoms with Crippen LogP contribution in [0.25, 0.3) is 0 Å². The number of benzene rings is 1. The van der Waals surface area contributed by atoms with E-state index in [0.29, 0.717) is 13.1 Å². The molecular weight excluding hydrogens is 348 g/mol. The van der Waals surface area contributed by atoms with Crippen LogP contribution in [0.4, 0.5) is 0 Å². The van der Waals surface area contributed by atoms with Crippen LogP contribution in [-0.4, -0.2) is 41.4 Å². The lowest BCUT2D eigenvalue weighted by Gasteiger charge is -2.15. The summed E-state index contributed by atoms with van der Waals surface area (Å²) in [5, 5.41) is -0.437. The molecule has 1 rings (SSSR count). The average molecular weight is 377 g/mol. The Morgan fingerprint density at radius 2 is 1.54 bits per heavy atom. The first-order valence-corrected chi connectivity index (χ1v) is 11.5. The highest BCUT2D eigenvalue weighted by molar-refractivity contribution is 7.90. The molecule has 1 aromatic rings. The fourth-order valence-corrected chi connectivity index (χ4v) is 3.42. The number of aryl methyl sites for hydroxylation is 1. The highest BCUT2D eigenvalue weighted by Crippen LogP contribution is 2.16. The first-order valence-electron chi connectivity index (χ1n) is 8.03. The van der Waals surface area contributed by atoms with Crippen LogP contribution in [0.3, 0.4) is 0 Å². The summed E-state index contributed by atoms with van der Waals surface area (Å²) in [6.07, 6.45) is 2.67. The molecule has 0 spiro atoms. The van der Waals surface area contributed by atoms with E-state index in [1.807, 2.05) is 31.2 Å². The fraction of sp³-hybridized carbons (Fsp3) is 0.625. The summed E-state index contributed by atoms with van der Waals surface area (Å²) in [7, 11) is -6.37. The molecule has 8 heteroatoms. The van der Waals surface area contributed by atoms with Crippen molar-refractivity contribution in [1.29, 1.82) is 0 Å². The Morgan fingerprint density at radius 1 is 0.958 bits per heavy atom. The Bertz CT molecular complexity index is 711. The summed E-state index contributed by atoms with van der Waals surface area (Å²) in [6, 6.07) is 7.99. The molecule has 0 amide bonds. The van der Waals surface area contributed by atoms with Gasteiger partial charge in [0.15, 0.2) is 0 Å². The maximum Gasteiger partial charge on any atom is 0.213 e. The molecule has 1 unspecified atom stereocenters. The van der Waals surface area contributed by atoms with Gasteiger partial charge >= 0.3 is 0 Å². The van der Waals surface area contributed by atoms with Crippen LogP contribution in [0.1, 0.15) is 44.2 Å². The van der Waals surface area contributed by atoms with E-state index in [9.17, 15) is 16.8 Å². The van der Waals surface area contributed by atoms with Crippen LogP contribution < -0.4 is 9.44 Å². The molecule has 0 heterocycles. The van der Waals surface area contributed by atoms with Crippen molar-refractivity contribution in [2.45, 2.75) is 44.8 Å². The lowest BCUT2D eigenvalue weighted by atomic mass is 9.99. The molecule has 0 bridgehead atoms. The van der Waals surface area contributed by atoms with Crippen molar-refractivity contribution in [2.24, 2.45) is 0 Å². The Kier molecular flexibility index (Phi) is 7.85. The second-order valence-electron chi connectivity index (χ2n) is 6.35. The van der Waals surface area contributed by atoms with E-state index in [4.69, 9.17) is 0 Å². The van der Waals surface area contributed by atoms with Crippen molar-refractivity contribution < 1.29 is 16.8 Å². The van der Waals surface area contributed by atoms with Gasteiger partial charge in [-0.25, -0.2) is 26.3 Å². The Hall–Kier alpha value is -0.960. The minimum Gasteiger partial charge on any atom is -0.215 e. The number of rotatable bonds is 10. The SMILES string of the molecule is CC(CNS(=O)(=O)C(C)C)c1ccc(CCCNS(C)(=O)=O)cc1. The third-order valence-electron chi connectivity index (χ3n) is 3.77. The summed E-state index contributed by atoms with van der Waals surface area (Å²) in [4.78, 5) is 0. The third kappa shape index (κ3) is 7.74. The summed E-state index contributed by atoms with van der Waals surface area (Å²) in [5.41, 5.74) is 2.20. The molecule has 0 saturated heterocycles. The van der Waals surface area contributed by atoms with Crippen molar-refractivity contribution in [2.75, 3.05) is 19.3 Å². The molecule has 0 aliphatic rings. The maximum absolute atomic E-state index is 11.8. The average Bonchev–Trinajstić information content (AvgIpc) is 2.49. The number of nitrogens with one attached hydrogen (secondary N) is 2. The zero-order valence-electron chi connectivity index (χ0n) is 14.7. The largest absolute Gasteiger partial charge is 0.215 e. The second kappa shape index (κ2) is 8.94. The summed E-state index contributed by atoms with van der Waals surface area (Å²) in [5.74, 6) is 0.0828. The molecule has 0 fully saturated rings. The molecule has 0 aliphatic heterocycles. The maximum atomic E-state index is 11.8. The van der Waals surface area contributed by atoms with Gasteiger partial charge in [0, 0.05) is 13.1 Å². The minimum atomic E-state index is -3.24. The van der Waals surface area contributed by atoms with Gasteiger partial charge in [0.05, 0.1) is 11.5 Å².